The van der Waals surface area contributed by atoms with Gasteiger partial charge in [0.25, 0.3) is 0 Å². The third-order valence-electron chi connectivity index (χ3n) is 5.09. The molecule has 0 radical (unpaired) electrons. The first-order valence-electron chi connectivity index (χ1n) is 8.16. The molecule has 3 nitrogen and oxygen atoms in total. The molecule has 4 heteroatoms. The van der Waals surface area contributed by atoms with E-state index in [0.717, 1.165) is 25.1 Å². The number of amides is 1. The maximum absolute atomic E-state index is 13.2. The van der Waals surface area contributed by atoms with Crippen LogP contribution >= 0.6 is 12.4 Å². The molecule has 0 aliphatic heterocycles. The normalized spacial score (nSPS) is 22.5. The minimum Gasteiger partial charge on any atom is -0.342 e. The van der Waals surface area contributed by atoms with Crippen LogP contribution in [0.2, 0.25) is 0 Å². The number of halogens is 1. The van der Waals surface area contributed by atoms with Gasteiger partial charge >= 0.3 is 0 Å². The molecule has 1 aliphatic carbocycles. The van der Waals surface area contributed by atoms with Gasteiger partial charge in [0, 0.05) is 13.1 Å². The number of rotatable bonds is 5. The smallest absolute Gasteiger partial charge is 0.233 e. The third kappa shape index (κ3) is 2.73. The molecule has 0 aromatic heterocycles. The Kier molecular flexibility index (Phi) is 5.33. The predicted octanol–water partition coefficient (Wildman–Crippen LogP) is 3.35. The minimum atomic E-state index is -0.415. The molecule has 23 heavy (non-hydrogen) atoms. The Morgan fingerprint density at radius 3 is 2.43 bits per heavy atom. The van der Waals surface area contributed by atoms with Crippen LogP contribution in [0.1, 0.15) is 25.8 Å². The van der Waals surface area contributed by atoms with Gasteiger partial charge in [-0.1, -0.05) is 42.5 Å². The van der Waals surface area contributed by atoms with Gasteiger partial charge in [0.15, 0.2) is 0 Å². The number of carbonyl (C=O) groups is 1. The van der Waals surface area contributed by atoms with Crippen molar-refractivity contribution in [1.29, 1.82) is 0 Å². The topological polar surface area (TPSA) is 46.3 Å². The molecule has 2 N–H and O–H groups in total. The van der Waals surface area contributed by atoms with Crippen molar-refractivity contribution in [3.8, 4) is 0 Å². The summed E-state index contributed by atoms with van der Waals surface area (Å²) in [6.45, 7) is 6.14. The number of hydrogen-bond acceptors (Lipinski definition) is 2. The number of likely N-dealkylation sites (N-methyl/N-ethyl adjacent to an activating group) is 1. The molecule has 1 saturated carbocycles. The van der Waals surface area contributed by atoms with E-state index in [2.05, 4.69) is 30.3 Å². The number of nitrogens with zero attached hydrogens (tertiary/aromatic N) is 1. The first-order valence-corrected chi connectivity index (χ1v) is 8.16. The summed E-state index contributed by atoms with van der Waals surface area (Å²) in [5.74, 6) is 0.496. The molecular weight excluding hydrogens is 308 g/mol. The molecule has 2 aromatic rings. The number of benzene rings is 2. The predicted molar refractivity (Wildman–Crippen MR) is 98.0 cm³/mol. The molecule has 0 saturated heterocycles. The number of hydrogen-bond donors (Lipinski definition) is 1. The molecule has 124 valence electrons. The van der Waals surface area contributed by atoms with Crippen LogP contribution in [0.4, 0.5) is 0 Å². The van der Waals surface area contributed by atoms with Crippen LogP contribution in [-0.2, 0) is 10.2 Å². The maximum Gasteiger partial charge on any atom is 0.233 e. The Labute approximate surface area is 144 Å². The molecule has 0 heterocycles. The molecule has 0 unspecified atom stereocenters. The zero-order valence-corrected chi connectivity index (χ0v) is 14.6. The van der Waals surface area contributed by atoms with E-state index in [0.29, 0.717) is 6.54 Å². The molecule has 3 rings (SSSR count). The Morgan fingerprint density at radius 2 is 1.83 bits per heavy atom. The van der Waals surface area contributed by atoms with Crippen molar-refractivity contribution >= 4 is 29.1 Å². The van der Waals surface area contributed by atoms with Crippen molar-refractivity contribution in [3.63, 3.8) is 0 Å². The second-order valence-corrected chi connectivity index (χ2v) is 6.11. The second kappa shape index (κ2) is 6.90. The van der Waals surface area contributed by atoms with Crippen molar-refractivity contribution in [1.82, 2.24) is 4.90 Å². The van der Waals surface area contributed by atoms with Gasteiger partial charge in [0.2, 0.25) is 5.91 Å². The maximum atomic E-state index is 13.2. The van der Waals surface area contributed by atoms with Crippen molar-refractivity contribution in [3.05, 3.63) is 48.0 Å². The Bertz CT molecular complexity index is 693. The summed E-state index contributed by atoms with van der Waals surface area (Å²) in [7, 11) is 0. The van der Waals surface area contributed by atoms with Crippen molar-refractivity contribution in [2.45, 2.75) is 25.7 Å². The van der Waals surface area contributed by atoms with Crippen LogP contribution in [-0.4, -0.2) is 30.4 Å². The third-order valence-corrected chi connectivity index (χ3v) is 5.09. The lowest BCUT2D eigenvalue weighted by Crippen LogP contribution is -2.41. The zero-order valence-electron chi connectivity index (χ0n) is 13.8. The van der Waals surface area contributed by atoms with Crippen molar-refractivity contribution in [2.24, 2.45) is 11.7 Å². The highest BCUT2D eigenvalue weighted by atomic mass is 35.5. The summed E-state index contributed by atoms with van der Waals surface area (Å²) in [4.78, 5) is 15.1. The highest BCUT2D eigenvalue weighted by Gasteiger charge is 2.61. The van der Waals surface area contributed by atoms with Gasteiger partial charge < -0.3 is 10.6 Å². The summed E-state index contributed by atoms with van der Waals surface area (Å²) in [6.07, 6.45) is 0.868. The summed E-state index contributed by atoms with van der Waals surface area (Å²) in [5.41, 5.74) is 6.68. The molecule has 2 aromatic carbocycles. The fourth-order valence-corrected chi connectivity index (χ4v) is 3.73. The Hall–Kier alpha value is -1.58. The van der Waals surface area contributed by atoms with Crippen LogP contribution in [0.15, 0.2) is 42.5 Å². The van der Waals surface area contributed by atoms with Crippen molar-refractivity contribution in [2.75, 3.05) is 19.6 Å². The van der Waals surface area contributed by atoms with E-state index < -0.39 is 5.41 Å². The molecular formula is C19H25ClN2O. The zero-order chi connectivity index (χ0) is 15.7. The molecule has 0 bridgehead atoms. The molecule has 0 spiro atoms. The number of carbonyl (C=O) groups excluding carboxylic acids is 1. The van der Waals surface area contributed by atoms with Gasteiger partial charge in [0.05, 0.1) is 5.41 Å². The van der Waals surface area contributed by atoms with Gasteiger partial charge in [-0.3, -0.25) is 4.79 Å². The molecule has 1 amide bonds. The van der Waals surface area contributed by atoms with E-state index in [-0.39, 0.29) is 24.2 Å². The quantitative estimate of drug-likeness (QED) is 0.912. The van der Waals surface area contributed by atoms with Crippen LogP contribution in [0.5, 0.6) is 0 Å². The molecule has 1 fully saturated rings. The van der Waals surface area contributed by atoms with Crippen LogP contribution in [0.3, 0.4) is 0 Å². The van der Waals surface area contributed by atoms with E-state index in [1.165, 1.54) is 10.8 Å². The summed E-state index contributed by atoms with van der Waals surface area (Å²) in [6, 6.07) is 14.6. The monoisotopic (exact) mass is 332 g/mol. The first-order chi connectivity index (χ1) is 10.7. The van der Waals surface area contributed by atoms with Crippen molar-refractivity contribution < 1.29 is 4.79 Å². The lowest BCUT2D eigenvalue weighted by Gasteiger charge is -2.27. The largest absolute Gasteiger partial charge is 0.342 e. The molecule has 1 aliphatic rings. The van der Waals surface area contributed by atoms with E-state index in [9.17, 15) is 4.79 Å². The lowest BCUT2D eigenvalue weighted by molar-refractivity contribution is -0.134. The van der Waals surface area contributed by atoms with Crippen LogP contribution < -0.4 is 5.73 Å². The van der Waals surface area contributed by atoms with E-state index in [1.54, 1.807) is 0 Å². The van der Waals surface area contributed by atoms with Gasteiger partial charge in [-0.05, 0) is 49.1 Å². The average Bonchev–Trinajstić information content (AvgIpc) is 3.31. The summed E-state index contributed by atoms with van der Waals surface area (Å²) < 4.78 is 0. The van der Waals surface area contributed by atoms with E-state index in [1.807, 2.05) is 30.9 Å². The number of nitrogens with two attached hydrogens (primary N) is 1. The van der Waals surface area contributed by atoms with E-state index in [4.69, 9.17) is 5.73 Å². The minimum absolute atomic E-state index is 0. The summed E-state index contributed by atoms with van der Waals surface area (Å²) in [5, 5.41) is 2.37. The summed E-state index contributed by atoms with van der Waals surface area (Å²) >= 11 is 0. The standard InChI is InChI=1S/C19H24N2O.ClH/c1-3-21(4-2)18(22)19(12-15(19)13-20)17-11-7-9-14-8-5-6-10-16(14)17;/h5-11,15H,3-4,12-13,20H2,1-2H3;1H/t15-,19-;/m1./s1. The first kappa shape index (κ1) is 17.8. The second-order valence-electron chi connectivity index (χ2n) is 6.11. The SMILES string of the molecule is CCN(CC)C(=O)[C@]1(c2cccc3ccccc23)C[C@@H]1CN.Cl. The Balaban J connectivity index is 0.00000192. The Morgan fingerprint density at radius 1 is 1.17 bits per heavy atom. The van der Waals surface area contributed by atoms with Gasteiger partial charge in [-0.2, -0.15) is 0 Å². The van der Waals surface area contributed by atoms with Gasteiger partial charge in [0.1, 0.15) is 0 Å². The number of fused-ring (bicyclic) bond motifs is 1. The van der Waals surface area contributed by atoms with Gasteiger partial charge in [-0.25, -0.2) is 0 Å². The lowest BCUT2D eigenvalue weighted by atomic mass is 9.87. The highest BCUT2D eigenvalue weighted by Crippen LogP contribution is 2.56. The molecule has 2 atom stereocenters. The van der Waals surface area contributed by atoms with Crippen LogP contribution in [0.25, 0.3) is 10.8 Å². The van der Waals surface area contributed by atoms with Gasteiger partial charge in [-0.15, -0.1) is 12.4 Å². The average molecular weight is 333 g/mol. The fourth-order valence-electron chi connectivity index (χ4n) is 3.73. The van der Waals surface area contributed by atoms with E-state index >= 15 is 0 Å². The highest BCUT2D eigenvalue weighted by molar-refractivity contribution is 5.98. The fraction of sp³-hybridized carbons (Fsp3) is 0.421. The van der Waals surface area contributed by atoms with Crippen LogP contribution in [0, 0.1) is 5.92 Å².